The molecule has 1 amide bonds. The molecule has 13 heteroatoms. The van der Waals surface area contributed by atoms with Crippen molar-refractivity contribution in [3.05, 3.63) is 63.7 Å². The third kappa shape index (κ3) is 5.18. The first-order valence-electron chi connectivity index (χ1n) is 12.5. The SMILES string of the molecule is CC1=C(n2cc(-c3cnn(C)c3C)nn2)C=C(C(N)=O)CN1c1cc(CN2CCCC2)c(Cl)c(C(F)(F)F)c1. The summed E-state index contributed by atoms with van der Waals surface area (Å²) in [5.74, 6) is -0.684. The average Bonchev–Trinajstić information content (AvgIpc) is 3.63. The molecule has 1 aromatic carbocycles. The highest BCUT2D eigenvalue weighted by Gasteiger charge is 2.36. The van der Waals surface area contributed by atoms with E-state index < -0.39 is 17.6 Å². The van der Waals surface area contributed by atoms with Gasteiger partial charge in [0.25, 0.3) is 0 Å². The first-order valence-corrected chi connectivity index (χ1v) is 12.8. The van der Waals surface area contributed by atoms with Crippen LogP contribution in [0.2, 0.25) is 5.02 Å². The number of nitrogens with two attached hydrogens (primary N) is 1. The number of nitrogens with zero attached hydrogens (tertiary/aromatic N) is 7. The quantitative estimate of drug-likeness (QED) is 0.481. The Hall–Kier alpha value is -3.64. The van der Waals surface area contributed by atoms with Crippen LogP contribution in [0.3, 0.4) is 0 Å². The molecule has 0 atom stereocenters. The Labute approximate surface area is 228 Å². The van der Waals surface area contributed by atoms with Gasteiger partial charge in [0.1, 0.15) is 5.69 Å². The molecule has 1 saturated heterocycles. The molecule has 0 unspecified atom stereocenters. The molecular weight excluding hydrogens is 533 g/mol. The molecule has 0 saturated carbocycles. The molecule has 206 valence electrons. The molecule has 0 aliphatic carbocycles. The predicted molar refractivity (Wildman–Crippen MR) is 141 cm³/mol. The maximum atomic E-state index is 14.1. The van der Waals surface area contributed by atoms with Gasteiger partial charge < -0.3 is 10.6 Å². The second-order valence-corrected chi connectivity index (χ2v) is 10.2. The maximum absolute atomic E-state index is 14.1. The van der Waals surface area contributed by atoms with Gasteiger partial charge in [0, 0.05) is 41.8 Å². The van der Waals surface area contributed by atoms with E-state index in [4.69, 9.17) is 17.3 Å². The number of rotatable bonds is 6. The van der Waals surface area contributed by atoms with Gasteiger partial charge in [-0.3, -0.25) is 14.4 Å². The zero-order valence-corrected chi connectivity index (χ0v) is 22.5. The van der Waals surface area contributed by atoms with Gasteiger partial charge in [0.15, 0.2) is 0 Å². The minimum absolute atomic E-state index is 0.00395. The van der Waals surface area contributed by atoms with Crippen LogP contribution in [0.4, 0.5) is 18.9 Å². The van der Waals surface area contributed by atoms with Crippen LogP contribution < -0.4 is 10.6 Å². The standard InChI is InChI=1S/C26H28ClF3N8O/c1-15-20(11-32-35(15)3)22-14-38(34-33-22)23-9-18(25(31)39)13-37(16(23)2)19-8-17(12-36-6-4-5-7-36)24(27)21(10-19)26(28,29)30/h8-11,14H,4-7,12-13H2,1-3H3,(H2,31,39). The summed E-state index contributed by atoms with van der Waals surface area (Å²) in [5, 5.41) is 12.4. The number of carbonyl (C=O) groups excluding carboxylic acids is 1. The lowest BCUT2D eigenvalue weighted by Crippen LogP contribution is -2.33. The molecule has 2 aliphatic rings. The molecule has 4 heterocycles. The number of anilines is 1. The van der Waals surface area contributed by atoms with Crippen molar-refractivity contribution in [3.63, 3.8) is 0 Å². The van der Waals surface area contributed by atoms with Gasteiger partial charge in [-0.25, -0.2) is 4.68 Å². The van der Waals surface area contributed by atoms with E-state index in [1.807, 2.05) is 14.0 Å². The normalized spacial score (nSPS) is 16.8. The molecule has 39 heavy (non-hydrogen) atoms. The summed E-state index contributed by atoms with van der Waals surface area (Å²) in [6, 6.07) is 2.68. The van der Waals surface area contributed by atoms with Gasteiger partial charge in [-0.1, -0.05) is 16.8 Å². The van der Waals surface area contributed by atoms with Gasteiger partial charge in [0.2, 0.25) is 5.91 Å². The van der Waals surface area contributed by atoms with Crippen LogP contribution in [-0.2, 0) is 24.6 Å². The Balaban J connectivity index is 1.61. The molecule has 0 radical (unpaired) electrons. The molecule has 9 nitrogen and oxygen atoms in total. The number of aryl methyl sites for hydroxylation is 1. The Morgan fingerprint density at radius 3 is 2.51 bits per heavy atom. The largest absolute Gasteiger partial charge is 0.417 e. The van der Waals surface area contributed by atoms with Crippen LogP contribution >= 0.6 is 11.6 Å². The fourth-order valence-electron chi connectivity index (χ4n) is 4.99. The van der Waals surface area contributed by atoms with E-state index in [9.17, 15) is 18.0 Å². The smallest absolute Gasteiger partial charge is 0.366 e. The van der Waals surface area contributed by atoms with Crippen LogP contribution in [0, 0.1) is 6.92 Å². The number of amides is 1. The van der Waals surface area contributed by atoms with Crippen molar-refractivity contribution in [2.75, 3.05) is 24.5 Å². The van der Waals surface area contributed by atoms with Crippen LogP contribution in [0.25, 0.3) is 17.0 Å². The van der Waals surface area contributed by atoms with E-state index in [0.29, 0.717) is 29.2 Å². The molecule has 0 spiro atoms. The number of hydrogen-bond donors (Lipinski definition) is 1. The van der Waals surface area contributed by atoms with E-state index in [1.54, 1.807) is 41.0 Å². The fraction of sp³-hybridized carbons (Fsp3) is 0.385. The summed E-state index contributed by atoms with van der Waals surface area (Å²) in [6.45, 7) is 5.55. The van der Waals surface area contributed by atoms with Gasteiger partial charge in [-0.05, 0) is 63.6 Å². The van der Waals surface area contributed by atoms with Gasteiger partial charge >= 0.3 is 6.18 Å². The molecule has 2 aliphatic heterocycles. The second-order valence-electron chi connectivity index (χ2n) is 9.85. The predicted octanol–water partition coefficient (Wildman–Crippen LogP) is 4.38. The number of likely N-dealkylation sites (tertiary alicyclic amines) is 1. The van der Waals surface area contributed by atoms with Crippen molar-refractivity contribution < 1.29 is 18.0 Å². The topological polar surface area (TPSA) is 98.1 Å². The number of carbonyl (C=O) groups is 1. The minimum atomic E-state index is -4.66. The number of halogens is 4. The fourth-order valence-corrected chi connectivity index (χ4v) is 5.27. The van der Waals surface area contributed by atoms with Crippen LogP contribution in [0.1, 0.15) is 36.6 Å². The van der Waals surface area contributed by atoms with Crippen LogP contribution in [0.15, 0.2) is 41.9 Å². The summed E-state index contributed by atoms with van der Waals surface area (Å²) in [6.07, 6.45) is 2.28. The maximum Gasteiger partial charge on any atom is 0.417 e. The number of aromatic nitrogens is 5. The first kappa shape index (κ1) is 26.9. The first-order chi connectivity index (χ1) is 18.4. The Kier molecular flexibility index (Phi) is 7.02. The molecule has 0 bridgehead atoms. The van der Waals surface area contributed by atoms with Crippen molar-refractivity contribution in [1.82, 2.24) is 29.7 Å². The molecular formula is C26H28ClF3N8O. The van der Waals surface area contributed by atoms with Crippen molar-refractivity contribution >= 4 is 28.9 Å². The lowest BCUT2D eigenvalue weighted by molar-refractivity contribution is -0.137. The van der Waals surface area contributed by atoms with E-state index in [2.05, 4.69) is 20.3 Å². The van der Waals surface area contributed by atoms with Crippen molar-refractivity contribution in [2.24, 2.45) is 12.8 Å². The van der Waals surface area contributed by atoms with E-state index >= 15 is 0 Å². The van der Waals surface area contributed by atoms with Gasteiger partial charge in [-0.15, -0.1) is 5.10 Å². The summed E-state index contributed by atoms with van der Waals surface area (Å²) in [7, 11) is 1.82. The molecule has 3 aromatic rings. The van der Waals surface area contributed by atoms with Crippen molar-refractivity contribution in [1.29, 1.82) is 0 Å². The summed E-state index contributed by atoms with van der Waals surface area (Å²) < 4.78 is 45.5. The third-order valence-electron chi connectivity index (χ3n) is 7.33. The summed E-state index contributed by atoms with van der Waals surface area (Å²) >= 11 is 6.31. The molecule has 5 rings (SSSR count). The van der Waals surface area contributed by atoms with E-state index in [-0.39, 0.29) is 22.8 Å². The molecule has 2 aromatic heterocycles. The second kappa shape index (κ2) is 10.2. The molecule has 1 fully saturated rings. The summed E-state index contributed by atoms with van der Waals surface area (Å²) in [4.78, 5) is 16.0. The highest BCUT2D eigenvalue weighted by molar-refractivity contribution is 6.32. The number of alkyl halides is 3. The monoisotopic (exact) mass is 560 g/mol. The summed E-state index contributed by atoms with van der Waals surface area (Å²) in [5.41, 5.74) is 8.85. The minimum Gasteiger partial charge on any atom is -0.366 e. The van der Waals surface area contributed by atoms with Crippen molar-refractivity contribution in [3.8, 4) is 11.3 Å². The van der Waals surface area contributed by atoms with Gasteiger partial charge in [-0.2, -0.15) is 18.3 Å². The lowest BCUT2D eigenvalue weighted by atomic mass is 10.0. The Morgan fingerprint density at radius 2 is 1.90 bits per heavy atom. The van der Waals surface area contributed by atoms with E-state index in [1.165, 1.54) is 4.68 Å². The zero-order chi connectivity index (χ0) is 28.1. The lowest BCUT2D eigenvalue weighted by Gasteiger charge is -2.32. The Morgan fingerprint density at radius 1 is 1.18 bits per heavy atom. The van der Waals surface area contributed by atoms with E-state index in [0.717, 1.165) is 43.3 Å². The molecule has 2 N–H and O–H groups in total. The van der Waals surface area contributed by atoms with Crippen LogP contribution in [0.5, 0.6) is 0 Å². The highest BCUT2D eigenvalue weighted by Crippen LogP contribution is 2.41. The number of allylic oxidation sites excluding steroid dienone is 3. The number of primary amides is 1. The Bertz CT molecular complexity index is 1500. The zero-order valence-electron chi connectivity index (χ0n) is 21.8. The van der Waals surface area contributed by atoms with Crippen LogP contribution in [-0.4, -0.2) is 55.2 Å². The number of hydrogen-bond acceptors (Lipinski definition) is 6. The number of benzene rings is 1. The third-order valence-corrected chi connectivity index (χ3v) is 7.77. The van der Waals surface area contributed by atoms with Gasteiger partial charge in [0.05, 0.1) is 35.2 Å². The highest BCUT2D eigenvalue weighted by atomic mass is 35.5. The average molecular weight is 561 g/mol. The van der Waals surface area contributed by atoms with Crippen molar-refractivity contribution in [2.45, 2.75) is 39.4 Å².